The molecule has 0 radical (unpaired) electrons. The largest absolute Gasteiger partial charge is 1.00 e. The Kier molecular flexibility index (Phi) is 7.02. The van der Waals surface area contributed by atoms with Crippen LogP contribution < -0.4 is 17.0 Å². The number of rotatable bonds is 5. The summed E-state index contributed by atoms with van der Waals surface area (Å²) < 4.78 is 1.86. The SMILES string of the molecule is CCc1c(O)c(O)cc[n+]1[C@@H](CO)CC(C)C.[Cl-]. The zero-order valence-corrected chi connectivity index (χ0v) is 11.9. The number of hydrogen-bond donors (Lipinski definition) is 3. The van der Waals surface area contributed by atoms with Crippen molar-refractivity contribution >= 4 is 0 Å². The molecule has 1 atom stereocenters. The summed E-state index contributed by atoms with van der Waals surface area (Å²) in [5, 5.41) is 28.7. The van der Waals surface area contributed by atoms with Gasteiger partial charge in [-0.1, -0.05) is 20.8 Å². The van der Waals surface area contributed by atoms with Crippen molar-refractivity contribution in [2.45, 2.75) is 39.7 Å². The Morgan fingerprint density at radius 3 is 2.33 bits per heavy atom. The van der Waals surface area contributed by atoms with Crippen LogP contribution in [-0.4, -0.2) is 21.9 Å². The minimum Gasteiger partial charge on any atom is -1.00 e. The quantitative estimate of drug-likeness (QED) is 0.575. The van der Waals surface area contributed by atoms with E-state index in [9.17, 15) is 15.3 Å². The van der Waals surface area contributed by atoms with Gasteiger partial charge in [0.05, 0.1) is 0 Å². The number of aliphatic hydroxyl groups is 1. The van der Waals surface area contributed by atoms with Crippen LogP contribution in [0.25, 0.3) is 0 Å². The van der Waals surface area contributed by atoms with Gasteiger partial charge in [-0.15, -0.1) is 0 Å². The van der Waals surface area contributed by atoms with Crippen molar-refractivity contribution in [3.63, 3.8) is 0 Å². The van der Waals surface area contributed by atoms with Crippen LogP contribution in [0.3, 0.4) is 0 Å². The molecule has 1 aromatic heterocycles. The third-order valence-electron chi connectivity index (χ3n) is 2.90. The molecule has 4 nitrogen and oxygen atoms in total. The molecule has 1 heterocycles. The van der Waals surface area contributed by atoms with Gasteiger partial charge in [0.2, 0.25) is 11.4 Å². The van der Waals surface area contributed by atoms with Crippen LogP contribution in [0.2, 0.25) is 0 Å². The number of halogens is 1. The van der Waals surface area contributed by atoms with Crippen LogP contribution in [0.1, 0.15) is 38.9 Å². The van der Waals surface area contributed by atoms with E-state index in [1.807, 2.05) is 11.5 Å². The fraction of sp³-hybridized carbons (Fsp3) is 0.615. The van der Waals surface area contributed by atoms with Gasteiger partial charge in [0.15, 0.2) is 18.0 Å². The van der Waals surface area contributed by atoms with Gasteiger partial charge < -0.3 is 27.7 Å². The zero-order chi connectivity index (χ0) is 13.0. The number of nitrogens with zero attached hydrogens (tertiary/aromatic N) is 1. The number of aliphatic hydroxyl groups excluding tert-OH is 1. The molecular weight excluding hydrogens is 254 g/mol. The Morgan fingerprint density at radius 1 is 1.28 bits per heavy atom. The number of aromatic hydroxyl groups is 2. The fourth-order valence-corrected chi connectivity index (χ4v) is 2.10. The van der Waals surface area contributed by atoms with Gasteiger partial charge in [-0.2, -0.15) is 4.57 Å². The maximum Gasteiger partial charge on any atom is 0.227 e. The fourth-order valence-electron chi connectivity index (χ4n) is 2.10. The van der Waals surface area contributed by atoms with Gasteiger partial charge in [-0.05, 0) is 5.92 Å². The van der Waals surface area contributed by atoms with E-state index in [1.165, 1.54) is 6.07 Å². The molecule has 0 amide bonds. The number of pyridine rings is 1. The molecule has 0 aliphatic heterocycles. The second kappa shape index (κ2) is 7.44. The van der Waals surface area contributed by atoms with E-state index in [-0.39, 0.29) is 36.6 Å². The predicted octanol–water partition coefficient (Wildman–Crippen LogP) is -1.47. The van der Waals surface area contributed by atoms with E-state index >= 15 is 0 Å². The third-order valence-corrected chi connectivity index (χ3v) is 2.90. The minimum absolute atomic E-state index is 0. The molecule has 3 N–H and O–H groups in total. The Balaban J connectivity index is 0.00000289. The van der Waals surface area contributed by atoms with Gasteiger partial charge in [-0.3, -0.25) is 0 Å². The summed E-state index contributed by atoms with van der Waals surface area (Å²) in [6.45, 7) is 6.12. The maximum absolute atomic E-state index is 9.80. The summed E-state index contributed by atoms with van der Waals surface area (Å²) in [4.78, 5) is 0. The topological polar surface area (TPSA) is 64.6 Å². The van der Waals surface area contributed by atoms with Crippen LogP contribution in [0.15, 0.2) is 12.3 Å². The predicted molar refractivity (Wildman–Crippen MR) is 64.9 cm³/mol. The molecule has 1 aromatic rings. The van der Waals surface area contributed by atoms with E-state index in [1.54, 1.807) is 6.20 Å². The average Bonchev–Trinajstić information content (AvgIpc) is 2.29. The van der Waals surface area contributed by atoms with Crippen molar-refractivity contribution in [3.8, 4) is 11.5 Å². The van der Waals surface area contributed by atoms with Crippen molar-refractivity contribution in [2.75, 3.05) is 6.61 Å². The molecule has 0 aliphatic carbocycles. The molecule has 5 heteroatoms. The molecule has 0 unspecified atom stereocenters. The number of aromatic nitrogens is 1. The van der Waals surface area contributed by atoms with Crippen LogP contribution in [0.5, 0.6) is 11.5 Å². The molecule has 1 rings (SSSR count). The Labute approximate surface area is 114 Å². The van der Waals surface area contributed by atoms with Gasteiger partial charge in [-0.25, -0.2) is 0 Å². The van der Waals surface area contributed by atoms with Crippen molar-refractivity contribution in [1.82, 2.24) is 0 Å². The van der Waals surface area contributed by atoms with E-state index in [0.29, 0.717) is 18.0 Å². The number of hydrogen-bond acceptors (Lipinski definition) is 3. The molecule has 0 aromatic carbocycles. The molecule has 0 saturated heterocycles. The summed E-state index contributed by atoms with van der Waals surface area (Å²) >= 11 is 0. The van der Waals surface area contributed by atoms with Crippen molar-refractivity contribution in [1.29, 1.82) is 0 Å². The van der Waals surface area contributed by atoms with Crippen LogP contribution in [-0.2, 0) is 6.42 Å². The highest BCUT2D eigenvalue weighted by Gasteiger charge is 2.26. The molecule has 0 saturated carbocycles. The highest BCUT2D eigenvalue weighted by atomic mass is 35.5. The molecule has 0 bridgehead atoms. The highest BCUT2D eigenvalue weighted by Crippen LogP contribution is 2.27. The Bertz CT molecular complexity index is 383. The highest BCUT2D eigenvalue weighted by molar-refractivity contribution is 5.37. The van der Waals surface area contributed by atoms with E-state index < -0.39 is 0 Å². The lowest BCUT2D eigenvalue weighted by Gasteiger charge is -2.15. The molecular formula is C13H22ClNO3. The van der Waals surface area contributed by atoms with Crippen molar-refractivity contribution < 1.29 is 32.3 Å². The van der Waals surface area contributed by atoms with Crippen LogP contribution in [0, 0.1) is 5.92 Å². The molecule has 18 heavy (non-hydrogen) atoms. The summed E-state index contributed by atoms with van der Waals surface area (Å²) in [7, 11) is 0. The zero-order valence-electron chi connectivity index (χ0n) is 11.1. The second-order valence-electron chi connectivity index (χ2n) is 4.72. The third kappa shape index (κ3) is 3.75. The summed E-state index contributed by atoms with van der Waals surface area (Å²) in [6.07, 6.45) is 3.16. The monoisotopic (exact) mass is 275 g/mol. The summed E-state index contributed by atoms with van der Waals surface area (Å²) in [6, 6.07) is 1.40. The minimum atomic E-state index is -0.112. The van der Waals surface area contributed by atoms with Crippen molar-refractivity contribution in [3.05, 3.63) is 18.0 Å². The molecule has 0 fully saturated rings. The maximum atomic E-state index is 9.80. The summed E-state index contributed by atoms with van der Waals surface area (Å²) in [5.74, 6) is 0.261. The van der Waals surface area contributed by atoms with Gasteiger partial charge in [0.25, 0.3) is 0 Å². The first-order valence-corrected chi connectivity index (χ1v) is 6.07. The van der Waals surface area contributed by atoms with E-state index in [4.69, 9.17) is 0 Å². The standard InChI is InChI=1S/C13H21NO3.ClH/c1-4-11-13(17)12(16)5-6-14(11)10(8-15)7-9(2)3;/h5-6,9-10,15,17H,4,7-8H2,1-3H3;1H/t10-;/m1./s1. The lowest BCUT2D eigenvalue weighted by Crippen LogP contribution is -3.00. The average molecular weight is 276 g/mol. The first-order chi connectivity index (χ1) is 8.01. The van der Waals surface area contributed by atoms with E-state index in [0.717, 1.165) is 6.42 Å². The molecule has 0 spiro atoms. The Morgan fingerprint density at radius 2 is 1.89 bits per heavy atom. The van der Waals surface area contributed by atoms with E-state index in [2.05, 4.69) is 13.8 Å². The first kappa shape index (κ1) is 17.0. The van der Waals surface area contributed by atoms with Crippen molar-refractivity contribution in [2.24, 2.45) is 5.92 Å². The lowest BCUT2D eigenvalue weighted by atomic mass is 10.0. The van der Waals surface area contributed by atoms with Crippen LogP contribution >= 0.6 is 0 Å². The van der Waals surface area contributed by atoms with Gasteiger partial charge in [0, 0.05) is 18.9 Å². The second-order valence-corrected chi connectivity index (χ2v) is 4.72. The molecule has 104 valence electrons. The van der Waals surface area contributed by atoms with Crippen LogP contribution in [0.4, 0.5) is 0 Å². The Hall–Kier alpha value is -1.00. The first-order valence-electron chi connectivity index (χ1n) is 6.07. The van der Waals surface area contributed by atoms with Gasteiger partial charge >= 0.3 is 0 Å². The normalized spacial score (nSPS) is 12.3. The van der Waals surface area contributed by atoms with Gasteiger partial charge in [0.1, 0.15) is 6.61 Å². The smallest absolute Gasteiger partial charge is 0.227 e. The molecule has 0 aliphatic rings. The summed E-state index contributed by atoms with van der Waals surface area (Å²) in [5.41, 5.74) is 0.657. The lowest BCUT2D eigenvalue weighted by molar-refractivity contribution is -0.732.